The van der Waals surface area contributed by atoms with E-state index in [1.807, 2.05) is 17.0 Å². The molecule has 10 nitrogen and oxygen atoms in total. The van der Waals surface area contributed by atoms with Gasteiger partial charge >= 0.3 is 5.97 Å². The van der Waals surface area contributed by atoms with E-state index >= 15 is 0 Å². The fourth-order valence-electron chi connectivity index (χ4n) is 5.17. The van der Waals surface area contributed by atoms with Crippen LogP contribution in [0.15, 0.2) is 53.6 Å². The van der Waals surface area contributed by atoms with Crippen LogP contribution in [0.3, 0.4) is 0 Å². The minimum absolute atomic E-state index is 0.420. The van der Waals surface area contributed by atoms with E-state index in [0.29, 0.717) is 30.4 Å². The molecule has 0 aliphatic carbocycles. The average molecular weight is 515 g/mol. The van der Waals surface area contributed by atoms with Gasteiger partial charge in [0.05, 0.1) is 12.5 Å². The van der Waals surface area contributed by atoms with Gasteiger partial charge in [0.15, 0.2) is 0 Å². The molecular formula is C25H34N6O4S. The summed E-state index contributed by atoms with van der Waals surface area (Å²) in [6.07, 6.45) is 4.56. The maximum absolute atomic E-state index is 12.1. The van der Waals surface area contributed by atoms with Gasteiger partial charge in [0, 0.05) is 56.7 Å². The van der Waals surface area contributed by atoms with Crippen LogP contribution in [0.5, 0.6) is 0 Å². The average Bonchev–Trinajstić information content (AvgIpc) is 2.85. The van der Waals surface area contributed by atoms with Gasteiger partial charge in [-0.05, 0) is 48.2 Å². The summed E-state index contributed by atoms with van der Waals surface area (Å²) in [5, 5.41) is 13.5. The molecule has 194 valence electrons. The molecule has 0 spiro atoms. The van der Waals surface area contributed by atoms with E-state index in [1.54, 1.807) is 30.5 Å². The summed E-state index contributed by atoms with van der Waals surface area (Å²) >= 11 is 0. The number of nitrogens with zero attached hydrogens (tertiary/aromatic N) is 4. The van der Waals surface area contributed by atoms with Crippen molar-refractivity contribution >= 4 is 33.6 Å². The summed E-state index contributed by atoms with van der Waals surface area (Å²) < 4.78 is 25.3. The van der Waals surface area contributed by atoms with Crippen LogP contribution in [0.1, 0.15) is 30.0 Å². The number of piperazine rings is 1. The number of carbonyl (C=O) groups is 1. The van der Waals surface area contributed by atoms with Crippen molar-refractivity contribution in [3.8, 4) is 0 Å². The standard InChI is InChI=1S/C25H34N6O4S/c1-36(34,35)28-21-6-4-20(5-7-21)24(25(32)33)31-12-10-23(11-13-31)30-16-14-29(15-17-30)22-8-2-19(3-9-22)18-27-26/h2-9,18,23-24,28H,10-17,26H2,1H3,(H,32,33). The third-order valence-corrected chi connectivity index (χ3v) is 7.55. The number of nitrogens with two attached hydrogens (primary N) is 1. The van der Waals surface area contributed by atoms with E-state index in [9.17, 15) is 18.3 Å². The van der Waals surface area contributed by atoms with Crippen LogP contribution in [-0.4, -0.2) is 87.1 Å². The second-order valence-electron chi connectivity index (χ2n) is 9.40. The van der Waals surface area contributed by atoms with Crippen molar-refractivity contribution < 1.29 is 18.3 Å². The van der Waals surface area contributed by atoms with Crippen LogP contribution in [0.2, 0.25) is 0 Å². The highest BCUT2D eigenvalue weighted by Gasteiger charge is 2.33. The summed E-state index contributed by atoms with van der Waals surface area (Å²) in [5.74, 6) is 4.33. The van der Waals surface area contributed by atoms with E-state index in [0.717, 1.165) is 50.8 Å². The largest absolute Gasteiger partial charge is 0.480 e. The molecular weight excluding hydrogens is 480 g/mol. The lowest BCUT2D eigenvalue weighted by Crippen LogP contribution is -2.54. The van der Waals surface area contributed by atoms with Crippen molar-refractivity contribution in [2.75, 3.05) is 55.1 Å². The number of hydrogen-bond donors (Lipinski definition) is 3. The summed E-state index contributed by atoms with van der Waals surface area (Å²) in [6, 6.07) is 14.5. The lowest BCUT2D eigenvalue weighted by molar-refractivity contribution is -0.144. The summed E-state index contributed by atoms with van der Waals surface area (Å²) in [7, 11) is -3.38. The van der Waals surface area contributed by atoms with Gasteiger partial charge in [-0.2, -0.15) is 5.10 Å². The van der Waals surface area contributed by atoms with Gasteiger partial charge in [-0.15, -0.1) is 0 Å². The number of carboxylic acids is 1. The third-order valence-electron chi connectivity index (χ3n) is 6.94. The maximum atomic E-state index is 12.1. The fraction of sp³-hybridized carbons (Fsp3) is 0.440. The van der Waals surface area contributed by atoms with Crippen molar-refractivity contribution in [3.63, 3.8) is 0 Å². The molecule has 2 aliphatic heterocycles. The molecule has 0 saturated carbocycles. The number of anilines is 2. The number of likely N-dealkylation sites (tertiary alicyclic amines) is 1. The van der Waals surface area contributed by atoms with E-state index in [1.165, 1.54) is 5.69 Å². The van der Waals surface area contributed by atoms with Gasteiger partial charge in [-0.1, -0.05) is 24.3 Å². The van der Waals surface area contributed by atoms with Gasteiger partial charge < -0.3 is 15.8 Å². The molecule has 2 aromatic rings. The van der Waals surface area contributed by atoms with Crippen LogP contribution in [-0.2, 0) is 14.8 Å². The van der Waals surface area contributed by atoms with Gasteiger partial charge in [-0.3, -0.25) is 19.3 Å². The number of hydrogen-bond acceptors (Lipinski definition) is 8. The highest BCUT2D eigenvalue weighted by atomic mass is 32.2. The van der Waals surface area contributed by atoms with E-state index in [4.69, 9.17) is 5.84 Å². The Morgan fingerprint density at radius 1 is 1.03 bits per heavy atom. The number of piperidine rings is 1. The van der Waals surface area contributed by atoms with Crippen LogP contribution in [0.25, 0.3) is 0 Å². The Hall–Kier alpha value is -3.15. The van der Waals surface area contributed by atoms with E-state index in [2.05, 4.69) is 31.8 Å². The van der Waals surface area contributed by atoms with E-state index < -0.39 is 22.0 Å². The number of carboxylic acid groups (broad SMARTS) is 1. The third kappa shape index (κ3) is 6.54. The van der Waals surface area contributed by atoms with Crippen molar-refractivity contribution in [2.45, 2.75) is 24.9 Å². The zero-order valence-corrected chi connectivity index (χ0v) is 21.3. The Morgan fingerprint density at radius 2 is 1.64 bits per heavy atom. The molecule has 2 aromatic carbocycles. The molecule has 2 fully saturated rings. The molecule has 0 aromatic heterocycles. The maximum Gasteiger partial charge on any atom is 0.325 e. The molecule has 2 aliphatic rings. The topological polar surface area (TPSA) is 132 Å². The summed E-state index contributed by atoms with van der Waals surface area (Å²) in [6.45, 7) is 5.28. The lowest BCUT2D eigenvalue weighted by Gasteiger charge is -2.44. The minimum Gasteiger partial charge on any atom is -0.480 e. The Morgan fingerprint density at radius 3 is 2.17 bits per heavy atom. The summed E-state index contributed by atoms with van der Waals surface area (Å²) in [4.78, 5) is 19.1. The number of sulfonamides is 1. The fourth-order valence-corrected chi connectivity index (χ4v) is 5.73. The predicted octanol–water partition coefficient (Wildman–Crippen LogP) is 1.76. The highest BCUT2D eigenvalue weighted by Crippen LogP contribution is 2.29. The first-order valence-electron chi connectivity index (χ1n) is 12.1. The zero-order chi connectivity index (χ0) is 25.7. The molecule has 1 unspecified atom stereocenters. The SMILES string of the molecule is CS(=O)(=O)Nc1ccc(C(C(=O)O)N2CCC(N3CCN(c4ccc(C=NN)cc4)CC3)CC2)cc1. The summed E-state index contributed by atoms with van der Waals surface area (Å²) in [5.41, 5.74) is 3.24. The molecule has 0 amide bonds. The van der Waals surface area contributed by atoms with E-state index in [-0.39, 0.29) is 0 Å². The second-order valence-corrected chi connectivity index (χ2v) is 11.1. The second kappa shape index (κ2) is 11.3. The molecule has 4 N–H and O–H groups in total. The molecule has 11 heteroatoms. The van der Waals surface area contributed by atoms with Gasteiger partial charge in [-0.25, -0.2) is 8.42 Å². The van der Waals surface area contributed by atoms with Gasteiger partial charge in [0.1, 0.15) is 6.04 Å². The Bertz CT molecular complexity index is 1150. The number of hydrazone groups is 1. The lowest BCUT2D eigenvalue weighted by atomic mass is 9.97. The molecule has 2 saturated heterocycles. The van der Waals surface area contributed by atoms with Crippen molar-refractivity contribution in [1.29, 1.82) is 0 Å². The molecule has 1 atom stereocenters. The normalized spacial score (nSPS) is 19.4. The molecule has 4 rings (SSSR count). The molecule has 0 radical (unpaired) electrons. The van der Waals surface area contributed by atoms with Crippen molar-refractivity contribution in [1.82, 2.24) is 9.80 Å². The Balaban J connectivity index is 1.30. The monoisotopic (exact) mass is 514 g/mol. The van der Waals surface area contributed by atoms with Crippen LogP contribution in [0, 0.1) is 0 Å². The Kier molecular flexibility index (Phi) is 8.12. The smallest absolute Gasteiger partial charge is 0.325 e. The molecule has 36 heavy (non-hydrogen) atoms. The van der Waals surface area contributed by atoms with Crippen molar-refractivity contribution in [2.24, 2.45) is 10.9 Å². The number of rotatable bonds is 8. The number of benzene rings is 2. The Labute approximate surface area is 212 Å². The van der Waals surface area contributed by atoms with Gasteiger partial charge in [0.2, 0.25) is 10.0 Å². The van der Waals surface area contributed by atoms with Crippen molar-refractivity contribution in [3.05, 3.63) is 59.7 Å². The number of nitrogens with one attached hydrogen (secondary N) is 1. The minimum atomic E-state index is -3.38. The molecule has 0 bridgehead atoms. The van der Waals surface area contributed by atoms with Crippen LogP contribution < -0.4 is 15.5 Å². The van der Waals surface area contributed by atoms with Gasteiger partial charge in [0.25, 0.3) is 0 Å². The molecule has 2 heterocycles. The first-order valence-corrected chi connectivity index (χ1v) is 14.0. The predicted molar refractivity (Wildman–Crippen MR) is 142 cm³/mol. The van der Waals surface area contributed by atoms with Crippen LogP contribution >= 0.6 is 0 Å². The zero-order valence-electron chi connectivity index (χ0n) is 20.5. The number of aliphatic carboxylic acids is 1. The highest BCUT2D eigenvalue weighted by molar-refractivity contribution is 7.92. The quantitative estimate of drug-likeness (QED) is 0.276. The first-order chi connectivity index (χ1) is 17.2. The van der Waals surface area contributed by atoms with Crippen LogP contribution in [0.4, 0.5) is 11.4 Å². The first kappa shape index (κ1) is 25.9.